The van der Waals surface area contributed by atoms with Crippen molar-refractivity contribution in [2.75, 3.05) is 31.1 Å². The molecule has 4 nitrogen and oxygen atoms in total. The minimum atomic E-state index is -4.29. The molecule has 26 heavy (non-hydrogen) atoms. The van der Waals surface area contributed by atoms with E-state index in [2.05, 4.69) is 14.9 Å². The Morgan fingerprint density at radius 3 is 2.69 bits per heavy atom. The third-order valence-corrected chi connectivity index (χ3v) is 5.54. The van der Waals surface area contributed by atoms with Crippen LogP contribution in [-0.2, 0) is 12.7 Å². The van der Waals surface area contributed by atoms with Gasteiger partial charge in [0.15, 0.2) is 0 Å². The first-order chi connectivity index (χ1) is 12.5. The molecule has 0 radical (unpaired) electrons. The van der Waals surface area contributed by atoms with Crippen LogP contribution in [0.2, 0.25) is 0 Å². The van der Waals surface area contributed by atoms with Crippen LogP contribution in [0.25, 0.3) is 10.2 Å². The Hall–Kier alpha value is -2.19. The summed E-state index contributed by atoms with van der Waals surface area (Å²) in [6.45, 7) is 4.00. The van der Waals surface area contributed by atoms with Crippen molar-refractivity contribution in [3.05, 3.63) is 53.2 Å². The Morgan fingerprint density at radius 2 is 1.92 bits per heavy atom. The number of alkyl halides is 3. The molecule has 1 saturated heterocycles. The number of thiophene rings is 1. The summed E-state index contributed by atoms with van der Waals surface area (Å²) in [7, 11) is 0. The summed E-state index contributed by atoms with van der Waals surface area (Å²) in [5.74, 6) is 0.953. The second-order valence-corrected chi connectivity index (χ2v) is 7.34. The van der Waals surface area contributed by atoms with Gasteiger partial charge in [-0.05, 0) is 23.6 Å². The standard InChI is InChI=1S/C18H17F3N4S/c19-18(20,21)14-3-1-2-13(10-14)11-24-5-7-25(8-6-24)16-15-4-9-26-17(15)23-12-22-16/h1-4,9-10,12H,5-8,11H2/p+1. The molecule has 1 aliphatic rings. The summed E-state index contributed by atoms with van der Waals surface area (Å²) in [5, 5.41) is 3.08. The van der Waals surface area contributed by atoms with Crippen molar-refractivity contribution < 1.29 is 18.1 Å². The maximum absolute atomic E-state index is 12.9. The van der Waals surface area contributed by atoms with Crippen LogP contribution in [0, 0.1) is 0 Å². The van der Waals surface area contributed by atoms with Crippen molar-refractivity contribution in [1.82, 2.24) is 9.97 Å². The minimum Gasteiger partial charge on any atom is -0.345 e. The highest BCUT2D eigenvalue weighted by Crippen LogP contribution is 2.29. The highest BCUT2D eigenvalue weighted by atomic mass is 32.1. The molecule has 1 aromatic carbocycles. The van der Waals surface area contributed by atoms with Crippen molar-refractivity contribution in [1.29, 1.82) is 0 Å². The van der Waals surface area contributed by atoms with Gasteiger partial charge >= 0.3 is 6.18 Å². The van der Waals surface area contributed by atoms with Crippen LogP contribution in [0.3, 0.4) is 0 Å². The van der Waals surface area contributed by atoms with Crippen LogP contribution in [0.5, 0.6) is 0 Å². The molecule has 0 atom stereocenters. The van der Waals surface area contributed by atoms with Crippen molar-refractivity contribution in [3.8, 4) is 0 Å². The second-order valence-electron chi connectivity index (χ2n) is 6.45. The maximum Gasteiger partial charge on any atom is 0.416 e. The van der Waals surface area contributed by atoms with E-state index in [0.29, 0.717) is 6.54 Å². The van der Waals surface area contributed by atoms with Crippen LogP contribution in [0.15, 0.2) is 42.0 Å². The van der Waals surface area contributed by atoms with E-state index in [1.807, 2.05) is 11.4 Å². The molecular formula is C18H18F3N4S+. The van der Waals surface area contributed by atoms with Gasteiger partial charge in [0, 0.05) is 5.56 Å². The molecule has 1 N–H and O–H groups in total. The molecule has 1 aliphatic heterocycles. The first-order valence-corrected chi connectivity index (χ1v) is 9.31. The predicted octanol–water partition coefficient (Wildman–Crippen LogP) is 2.62. The molecule has 0 saturated carbocycles. The molecule has 0 amide bonds. The first kappa shape index (κ1) is 17.2. The number of anilines is 1. The number of fused-ring (bicyclic) bond motifs is 1. The number of aromatic nitrogens is 2. The molecule has 0 spiro atoms. The Labute approximate surface area is 152 Å². The van der Waals surface area contributed by atoms with Gasteiger partial charge in [0.2, 0.25) is 0 Å². The lowest BCUT2D eigenvalue weighted by Crippen LogP contribution is -3.13. The van der Waals surface area contributed by atoms with Crippen LogP contribution in [0.4, 0.5) is 19.0 Å². The van der Waals surface area contributed by atoms with Crippen molar-refractivity contribution >= 4 is 27.4 Å². The lowest BCUT2D eigenvalue weighted by atomic mass is 10.1. The zero-order chi connectivity index (χ0) is 18.1. The van der Waals surface area contributed by atoms with Crippen molar-refractivity contribution in [2.45, 2.75) is 12.7 Å². The Balaban J connectivity index is 1.42. The van der Waals surface area contributed by atoms with E-state index in [0.717, 1.165) is 53.8 Å². The van der Waals surface area contributed by atoms with Gasteiger partial charge in [0.1, 0.15) is 23.5 Å². The topological polar surface area (TPSA) is 33.5 Å². The number of quaternary nitrogens is 1. The molecule has 3 aromatic rings. The summed E-state index contributed by atoms with van der Waals surface area (Å²) in [6, 6.07) is 7.68. The Morgan fingerprint density at radius 1 is 1.12 bits per heavy atom. The summed E-state index contributed by atoms with van der Waals surface area (Å²) < 4.78 is 38.6. The van der Waals surface area contributed by atoms with Crippen molar-refractivity contribution in [2.24, 2.45) is 0 Å². The molecule has 1 fully saturated rings. The van der Waals surface area contributed by atoms with E-state index in [1.54, 1.807) is 23.7 Å². The Bertz CT molecular complexity index is 901. The highest BCUT2D eigenvalue weighted by Gasteiger charge is 2.31. The summed E-state index contributed by atoms with van der Waals surface area (Å²) in [6.07, 6.45) is -2.70. The van der Waals surface area contributed by atoms with Gasteiger partial charge in [0.05, 0.1) is 37.1 Å². The molecule has 0 aliphatic carbocycles. The highest BCUT2D eigenvalue weighted by molar-refractivity contribution is 7.16. The van der Waals surface area contributed by atoms with E-state index in [1.165, 1.54) is 17.0 Å². The van der Waals surface area contributed by atoms with Crippen molar-refractivity contribution in [3.63, 3.8) is 0 Å². The second kappa shape index (κ2) is 6.85. The number of piperazine rings is 1. The smallest absolute Gasteiger partial charge is 0.345 e. The van der Waals surface area contributed by atoms with Gasteiger partial charge in [-0.25, -0.2) is 9.97 Å². The molecular weight excluding hydrogens is 361 g/mol. The van der Waals surface area contributed by atoms with E-state index in [-0.39, 0.29) is 0 Å². The molecule has 2 aromatic heterocycles. The van der Waals surface area contributed by atoms with Crippen LogP contribution in [-0.4, -0.2) is 36.1 Å². The average molecular weight is 379 g/mol. The number of nitrogens with one attached hydrogen (secondary N) is 1. The number of hydrogen-bond donors (Lipinski definition) is 1. The van der Waals surface area contributed by atoms with Gasteiger partial charge in [0.25, 0.3) is 0 Å². The normalized spacial score (nSPS) is 16.3. The third-order valence-electron chi connectivity index (χ3n) is 4.72. The fraction of sp³-hybridized carbons (Fsp3) is 0.333. The van der Waals surface area contributed by atoms with Gasteiger partial charge in [-0.3, -0.25) is 0 Å². The fourth-order valence-corrected chi connectivity index (χ4v) is 4.11. The number of hydrogen-bond acceptors (Lipinski definition) is 4. The lowest BCUT2D eigenvalue weighted by Gasteiger charge is -2.33. The largest absolute Gasteiger partial charge is 0.416 e. The molecule has 8 heteroatoms. The quantitative estimate of drug-likeness (QED) is 0.760. The van der Waals surface area contributed by atoms with Crippen LogP contribution >= 0.6 is 11.3 Å². The molecule has 0 unspecified atom stereocenters. The molecule has 3 heterocycles. The van der Waals surface area contributed by atoms with Gasteiger partial charge < -0.3 is 9.80 Å². The fourth-order valence-electron chi connectivity index (χ4n) is 3.39. The van der Waals surface area contributed by atoms with E-state index < -0.39 is 11.7 Å². The minimum absolute atomic E-state index is 0.575. The monoisotopic (exact) mass is 379 g/mol. The summed E-state index contributed by atoms with van der Waals surface area (Å²) in [4.78, 5) is 13.2. The molecule has 0 bridgehead atoms. The SMILES string of the molecule is FC(F)(F)c1cccc(C[NH+]2CCN(c3ncnc4sccc34)CC2)c1. The van der Waals surface area contributed by atoms with E-state index in [9.17, 15) is 13.2 Å². The number of benzene rings is 1. The van der Waals surface area contributed by atoms with Gasteiger partial charge in [-0.15, -0.1) is 11.3 Å². The van der Waals surface area contributed by atoms with E-state index in [4.69, 9.17) is 0 Å². The number of rotatable bonds is 3. The van der Waals surface area contributed by atoms with Crippen LogP contribution in [0.1, 0.15) is 11.1 Å². The summed E-state index contributed by atoms with van der Waals surface area (Å²) >= 11 is 1.60. The first-order valence-electron chi connectivity index (χ1n) is 8.43. The molecule has 136 valence electrons. The third kappa shape index (κ3) is 3.52. The van der Waals surface area contributed by atoms with E-state index >= 15 is 0 Å². The Kier molecular flexibility index (Phi) is 4.54. The van der Waals surface area contributed by atoms with Crippen LogP contribution < -0.4 is 9.80 Å². The predicted molar refractivity (Wildman–Crippen MR) is 95.5 cm³/mol. The maximum atomic E-state index is 12.9. The summed E-state index contributed by atoms with van der Waals surface area (Å²) in [5.41, 5.74) is 0.152. The zero-order valence-electron chi connectivity index (χ0n) is 14.0. The van der Waals surface area contributed by atoms with Gasteiger partial charge in [-0.2, -0.15) is 13.2 Å². The number of nitrogens with zero attached hydrogens (tertiary/aromatic N) is 3. The zero-order valence-corrected chi connectivity index (χ0v) is 14.8. The lowest BCUT2D eigenvalue weighted by molar-refractivity contribution is -0.914. The molecule has 4 rings (SSSR count). The van der Waals surface area contributed by atoms with Gasteiger partial charge in [-0.1, -0.05) is 12.1 Å². The average Bonchev–Trinajstić information content (AvgIpc) is 3.11. The number of halogens is 3.